The standard InChI is InChI=1S/C16H15NO4/c18-10-12-4-6-15(21-12)11-3-5-14(13(9-11)16(19)20)17-7-1-2-8-17/h3-6,9-10H,1-2,7-8H2,(H,19,20). The first-order chi connectivity index (χ1) is 10.2. The topological polar surface area (TPSA) is 70.8 Å². The van der Waals surface area contributed by atoms with Crippen LogP contribution >= 0.6 is 0 Å². The van der Waals surface area contributed by atoms with E-state index in [1.165, 1.54) is 0 Å². The molecule has 2 aromatic rings. The van der Waals surface area contributed by atoms with Gasteiger partial charge in [0.2, 0.25) is 0 Å². The molecular formula is C16H15NO4. The van der Waals surface area contributed by atoms with E-state index in [0.29, 0.717) is 17.6 Å². The second kappa shape index (κ2) is 5.44. The highest BCUT2D eigenvalue weighted by molar-refractivity contribution is 5.96. The summed E-state index contributed by atoms with van der Waals surface area (Å²) in [7, 11) is 0. The Labute approximate surface area is 121 Å². The zero-order valence-electron chi connectivity index (χ0n) is 11.4. The van der Waals surface area contributed by atoms with E-state index < -0.39 is 5.97 Å². The number of nitrogens with zero attached hydrogens (tertiary/aromatic N) is 1. The van der Waals surface area contributed by atoms with Crippen molar-refractivity contribution in [2.45, 2.75) is 12.8 Å². The van der Waals surface area contributed by atoms with E-state index in [0.717, 1.165) is 31.6 Å². The van der Waals surface area contributed by atoms with Crippen LogP contribution in [0.5, 0.6) is 0 Å². The van der Waals surface area contributed by atoms with Gasteiger partial charge in [0.1, 0.15) is 5.76 Å². The van der Waals surface area contributed by atoms with E-state index in [9.17, 15) is 14.7 Å². The molecule has 0 bridgehead atoms. The maximum Gasteiger partial charge on any atom is 0.337 e. The minimum atomic E-state index is -0.957. The number of rotatable bonds is 4. The highest BCUT2D eigenvalue weighted by Gasteiger charge is 2.20. The third-order valence-corrected chi connectivity index (χ3v) is 3.70. The molecule has 108 valence electrons. The molecule has 0 aliphatic carbocycles. The van der Waals surface area contributed by atoms with E-state index in [4.69, 9.17) is 4.42 Å². The van der Waals surface area contributed by atoms with Gasteiger partial charge in [0.05, 0.1) is 11.3 Å². The number of anilines is 1. The SMILES string of the molecule is O=Cc1ccc(-c2ccc(N3CCCC3)c(C(=O)O)c2)o1. The predicted molar refractivity (Wildman–Crippen MR) is 77.9 cm³/mol. The van der Waals surface area contributed by atoms with E-state index in [1.54, 1.807) is 18.2 Å². The van der Waals surface area contributed by atoms with E-state index in [2.05, 4.69) is 4.90 Å². The number of carboxylic acids is 1. The molecule has 2 heterocycles. The monoisotopic (exact) mass is 285 g/mol. The highest BCUT2D eigenvalue weighted by Crippen LogP contribution is 2.30. The van der Waals surface area contributed by atoms with Gasteiger partial charge in [-0.2, -0.15) is 0 Å². The van der Waals surface area contributed by atoms with Crippen LogP contribution in [0.1, 0.15) is 33.8 Å². The summed E-state index contributed by atoms with van der Waals surface area (Å²) < 4.78 is 5.34. The van der Waals surface area contributed by atoms with Crippen LogP contribution in [0.3, 0.4) is 0 Å². The number of carbonyl (C=O) groups is 2. The lowest BCUT2D eigenvalue weighted by Gasteiger charge is -2.20. The Morgan fingerprint density at radius 1 is 1.19 bits per heavy atom. The zero-order valence-corrected chi connectivity index (χ0v) is 11.4. The summed E-state index contributed by atoms with van der Waals surface area (Å²) in [4.78, 5) is 24.3. The molecule has 1 fully saturated rings. The number of hydrogen-bond donors (Lipinski definition) is 1. The lowest BCUT2D eigenvalue weighted by Crippen LogP contribution is -2.20. The zero-order chi connectivity index (χ0) is 14.8. The Hall–Kier alpha value is -2.56. The predicted octanol–water partition coefficient (Wildman–Crippen LogP) is 3.06. The van der Waals surface area contributed by atoms with Crippen molar-refractivity contribution in [2.75, 3.05) is 18.0 Å². The van der Waals surface area contributed by atoms with Crippen molar-refractivity contribution in [1.29, 1.82) is 0 Å². The van der Waals surface area contributed by atoms with Crippen LogP contribution in [-0.2, 0) is 0 Å². The van der Waals surface area contributed by atoms with E-state index >= 15 is 0 Å². The first kappa shape index (κ1) is 13.4. The first-order valence-corrected chi connectivity index (χ1v) is 6.87. The fourth-order valence-electron chi connectivity index (χ4n) is 2.67. The molecule has 0 radical (unpaired) electrons. The van der Waals surface area contributed by atoms with E-state index in [-0.39, 0.29) is 11.3 Å². The Kier molecular flexibility index (Phi) is 3.48. The third kappa shape index (κ3) is 2.54. The van der Waals surface area contributed by atoms with Crippen LogP contribution in [0.2, 0.25) is 0 Å². The van der Waals surface area contributed by atoms with Gasteiger partial charge in [0.15, 0.2) is 12.0 Å². The number of furan rings is 1. The van der Waals surface area contributed by atoms with Crippen molar-refractivity contribution in [3.8, 4) is 11.3 Å². The Balaban J connectivity index is 2.02. The Morgan fingerprint density at radius 3 is 2.57 bits per heavy atom. The van der Waals surface area contributed by atoms with Crippen molar-refractivity contribution >= 4 is 17.9 Å². The third-order valence-electron chi connectivity index (χ3n) is 3.70. The molecule has 0 saturated carbocycles. The summed E-state index contributed by atoms with van der Waals surface area (Å²) in [6.07, 6.45) is 2.80. The summed E-state index contributed by atoms with van der Waals surface area (Å²) in [5, 5.41) is 9.44. The van der Waals surface area contributed by atoms with Crippen LogP contribution in [0.4, 0.5) is 5.69 Å². The van der Waals surface area contributed by atoms with Crippen molar-refractivity contribution in [2.24, 2.45) is 0 Å². The second-order valence-corrected chi connectivity index (χ2v) is 5.05. The number of hydrogen-bond acceptors (Lipinski definition) is 4. The average Bonchev–Trinajstić information content (AvgIpc) is 3.18. The molecule has 0 amide bonds. The average molecular weight is 285 g/mol. The summed E-state index contributed by atoms with van der Waals surface area (Å²) in [6.45, 7) is 1.77. The van der Waals surface area contributed by atoms with E-state index in [1.807, 2.05) is 12.1 Å². The van der Waals surface area contributed by atoms with Crippen LogP contribution in [0.15, 0.2) is 34.7 Å². The lowest BCUT2D eigenvalue weighted by molar-refractivity contribution is 0.0697. The minimum absolute atomic E-state index is 0.227. The molecule has 0 unspecified atom stereocenters. The summed E-state index contributed by atoms with van der Waals surface area (Å²) in [6, 6.07) is 8.47. The summed E-state index contributed by atoms with van der Waals surface area (Å²) in [5.41, 5.74) is 1.66. The molecule has 1 N–H and O–H groups in total. The fraction of sp³-hybridized carbons (Fsp3) is 0.250. The molecule has 1 aliphatic heterocycles. The first-order valence-electron chi connectivity index (χ1n) is 6.87. The van der Waals surface area contributed by atoms with Crippen LogP contribution in [0.25, 0.3) is 11.3 Å². The van der Waals surface area contributed by atoms with Gasteiger partial charge in [-0.1, -0.05) is 0 Å². The number of aldehydes is 1. The highest BCUT2D eigenvalue weighted by atomic mass is 16.4. The number of benzene rings is 1. The molecule has 5 nitrogen and oxygen atoms in total. The fourth-order valence-corrected chi connectivity index (χ4v) is 2.67. The van der Waals surface area contributed by atoms with Gasteiger partial charge < -0.3 is 14.4 Å². The van der Waals surface area contributed by atoms with Crippen LogP contribution in [0, 0.1) is 0 Å². The van der Waals surface area contributed by atoms with Crippen LogP contribution < -0.4 is 4.90 Å². The van der Waals surface area contributed by atoms with Gasteiger partial charge in [-0.05, 0) is 43.2 Å². The van der Waals surface area contributed by atoms with Crippen molar-refractivity contribution < 1.29 is 19.1 Å². The van der Waals surface area contributed by atoms with Crippen LogP contribution in [-0.4, -0.2) is 30.5 Å². The van der Waals surface area contributed by atoms with Gasteiger partial charge in [-0.3, -0.25) is 4.79 Å². The lowest BCUT2D eigenvalue weighted by atomic mass is 10.1. The molecule has 3 rings (SSSR count). The minimum Gasteiger partial charge on any atom is -0.478 e. The Bertz CT molecular complexity index is 683. The van der Waals surface area contributed by atoms with Gasteiger partial charge >= 0.3 is 5.97 Å². The van der Waals surface area contributed by atoms with Gasteiger partial charge in [0, 0.05) is 18.7 Å². The maximum atomic E-state index is 11.5. The van der Waals surface area contributed by atoms with Gasteiger partial charge in [-0.15, -0.1) is 0 Å². The molecule has 0 atom stereocenters. The number of carboxylic acid groups (broad SMARTS) is 1. The quantitative estimate of drug-likeness (QED) is 0.874. The number of carbonyl (C=O) groups excluding carboxylic acids is 1. The van der Waals surface area contributed by atoms with Gasteiger partial charge in [-0.25, -0.2) is 4.79 Å². The summed E-state index contributed by atoms with van der Waals surface area (Å²) >= 11 is 0. The normalized spacial score (nSPS) is 14.4. The smallest absolute Gasteiger partial charge is 0.337 e. The molecule has 1 saturated heterocycles. The molecule has 1 aromatic carbocycles. The van der Waals surface area contributed by atoms with Crippen molar-refractivity contribution in [3.63, 3.8) is 0 Å². The molecule has 1 aliphatic rings. The molecule has 0 spiro atoms. The Morgan fingerprint density at radius 2 is 1.95 bits per heavy atom. The second-order valence-electron chi connectivity index (χ2n) is 5.05. The molecule has 5 heteroatoms. The van der Waals surface area contributed by atoms with Crippen molar-refractivity contribution in [3.05, 3.63) is 41.7 Å². The largest absolute Gasteiger partial charge is 0.478 e. The molecule has 1 aromatic heterocycles. The van der Waals surface area contributed by atoms with Crippen molar-refractivity contribution in [1.82, 2.24) is 0 Å². The van der Waals surface area contributed by atoms with Gasteiger partial charge in [0.25, 0.3) is 0 Å². The number of aromatic carboxylic acids is 1. The molecule has 21 heavy (non-hydrogen) atoms. The maximum absolute atomic E-state index is 11.5. The summed E-state index contributed by atoms with van der Waals surface area (Å²) in [5.74, 6) is -0.237. The molecular weight excluding hydrogens is 270 g/mol.